The summed E-state index contributed by atoms with van der Waals surface area (Å²) in [4.78, 5) is 11.9. The lowest BCUT2D eigenvalue weighted by atomic mass is 10.2. The molecule has 0 radical (unpaired) electrons. The molecule has 1 heterocycles. The average Bonchev–Trinajstić information content (AvgIpc) is 3.15. The first kappa shape index (κ1) is 20.1. The van der Waals surface area contributed by atoms with E-state index in [0.29, 0.717) is 0 Å². The fourth-order valence-corrected chi connectivity index (χ4v) is 4.95. The minimum Gasteiger partial charge on any atom is -0.272 e. The molecule has 1 N–H and O–H groups in total. The van der Waals surface area contributed by atoms with Gasteiger partial charge in [-0.25, -0.2) is 5.43 Å². The van der Waals surface area contributed by atoms with Crippen molar-refractivity contribution in [2.24, 2.45) is 5.10 Å². The topological polar surface area (TPSA) is 67.2 Å². The summed E-state index contributed by atoms with van der Waals surface area (Å²) in [5.41, 5.74) is 4.68. The molecule has 0 unspecified atom stereocenters. The number of carbonyl (C=O) groups excluding carboxylic acids is 1. The largest absolute Gasteiger partial charge is 0.272 e. The molecule has 0 spiro atoms. The van der Waals surface area contributed by atoms with Crippen LogP contribution in [0.1, 0.15) is 11.1 Å². The van der Waals surface area contributed by atoms with E-state index in [9.17, 15) is 4.79 Å². The van der Waals surface area contributed by atoms with Crippen LogP contribution in [0.4, 0.5) is 0 Å². The number of hydrogen-bond acceptors (Lipinski definition) is 7. The van der Waals surface area contributed by atoms with Crippen molar-refractivity contribution in [3.8, 4) is 0 Å². The maximum absolute atomic E-state index is 11.9. The Morgan fingerprint density at radius 2 is 1.78 bits per heavy atom. The first-order valence-electron chi connectivity index (χ1n) is 7.89. The highest BCUT2D eigenvalue weighted by Crippen LogP contribution is 2.30. The van der Waals surface area contributed by atoms with Crippen LogP contribution in [-0.4, -0.2) is 28.1 Å². The highest BCUT2D eigenvalue weighted by atomic mass is 79.9. The zero-order valence-electron chi connectivity index (χ0n) is 14.0. The van der Waals surface area contributed by atoms with Crippen LogP contribution in [0.2, 0.25) is 0 Å². The van der Waals surface area contributed by atoms with Crippen molar-refractivity contribution >= 4 is 62.9 Å². The van der Waals surface area contributed by atoms with Gasteiger partial charge in [0.1, 0.15) is 0 Å². The Balaban J connectivity index is 1.40. The van der Waals surface area contributed by atoms with Crippen LogP contribution in [0.25, 0.3) is 0 Å². The number of aromatic nitrogens is 2. The number of carbonyl (C=O) groups is 1. The van der Waals surface area contributed by atoms with Crippen LogP contribution in [0.3, 0.4) is 0 Å². The van der Waals surface area contributed by atoms with Crippen molar-refractivity contribution in [1.29, 1.82) is 0 Å². The molecule has 27 heavy (non-hydrogen) atoms. The van der Waals surface area contributed by atoms with Crippen molar-refractivity contribution in [2.75, 3.05) is 5.75 Å². The summed E-state index contributed by atoms with van der Waals surface area (Å²) >= 11 is 7.88. The highest BCUT2D eigenvalue weighted by Gasteiger charge is 2.08. The standard InChI is InChI=1S/C18H15BrN4OS3/c19-15-8-6-13(7-9-15)10-20-21-16(24)12-26-18-23-22-17(27-18)25-11-14-4-2-1-3-5-14/h1-10H,11-12H2,(H,21,24)/b20-10+. The molecule has 5 nitrogen and oxygen atoms in total. The van der Waals surface area contributed by atoms with E-state index < -0.39 is 0 Å². The van der Waals surface area contributed by atoms with Gasteiger partial charge in [-0.3, -0.25) is 4.79 Å². The molecule has 1 aromatic heterocycles. The Bertz CT molecular complexity index is 900. The number of halogens is 1. The highest BCUT2D eigenvalue weighted by molar-refractivity contribution is 9.10. The molecule has 0 saturated carbocycles. The van der Waals surface area contributed by atoms with E-state index in [1.165, 1.54) is 28.7 Å². The minimum atomic E-state index is -0.179. The number of hydrazone groups is 1. The third kappa shape index (κ3) is 7.10. The number of nitrogens with zero attached hydrogens (tertiary/aromatic N) is 3. The first-order valence-corrected chi connectivity index (χ1v) is 11.5. The summed E-state index contributed by atoms with van der Waals surface area (Å²) in [5, 5.41) is 12.2. The number of nitrogens with one attached hydrogen (secondary N) is 1. The average molecular weight is 479 g/mol. The molecule has 0 aliphatic carbocycles. The molecule has 3 aromatic rings. The number of thioether (sulfide) groups is 2. The molecule has 1 amide bonds. The zero-order valence-corrected chi connectivity index (χ0v) is 18.1. The lowest BCUT2D eigenvalue weighted by molar-refractivity contribution is -0.118. The van der Waals surface area contributed by atoms with Crippen molar-refractivity contribution < 1.29 is 4.79 Å². The van der Waals surface area contributed by atoms with E-state index in [2.05, 4.69) is 48.8 Å². The second-order valence-electron chi connectivity index (χ2n) is 5.24. The van der Waals surface area contributed by atoms with Crippen LogP contribution in [0.5, 0.6) is 0 Å². The number of benzene rings is 2. The molecule has 138 valence electrons. The van der Waals surface area contributed by atoms with Gasteiger partial charge in [-0.15, -0.1) is 10.2 Å². The Hall–Kier alpha value is -1.68. The third-order valence-electron chi connectivity index (χ3n) is 3.19. The second kappa shape index (κ2) is 10.6. The summed E-state index contributed by atoms with van der Waals surface area (Å²) in [7, 11) is 0. The molecule has 0 atom stereocenters. The summed E-state index contributed by atoms with van der Waals surface area (Å²) in [6, 6.07) is 17.9. The quantitative estimate of drug-likeness (QED) is 0.285. The van der Waals surface area contributed by atoms with Crippen LogP contribution in [0.15, 0.2) is 72.9 Å². The van der Waals surface area contributed by atoms with Crippen LogP contribution < -0.4 is 5.43 Å². The second-order valence-corrected chi connectivity index (χ2v) is 9.58. The molecule has 3 rings (SSSR count). The molecular weight excluding hydrogens is 464 g/mol. The smallest absolute Gasteiger partial charge is 0.250 e. The van der Waals surface area contributed by atoms with Gasteiger partial charge in [-0.1, -0.05) is 93.3 Å². The van der Waals surface area contributed by atoms with Crippen molar-refractivity contribution in [2.45, 2.75) is 14.4 Å². The van der Waals surface area contributed by atoms with Crippen molar-refractivity contribution in [3.63, 3.8) is 0 Å². The molecular formula is C18H15BrN4OS3. The summed E-state index contributed by atoms with van der Waals surface area (Å²) in [6.07, 6.45) is 1.61. The fourth-order valence-electron chi connectivity index (χ4n) is 1.92. The Morgan fingerprint density at radius 3 is 2.52 bits per heavy atom. The SMILES string of the molecule is O=C(CSc1nnc(SCc2ccccc2)s1)N/N=C/c1ccc(Br)cc1. The van der Waals surface area contributed by atoms with Crippen molar-refractivity contribution in [1.82, 2.24) is 15.6 Å². The summed E-state index contributed by atoms with van der Waals surface area (Å²) in [5.74, 6) is 0.920. The van der Waals surface area contributed by atoms with Gasteiger partial charge in [-0.05, 0) is 23.3 Å². The maximum Gasteiger partial charge on any atom is 0.250 e. The van der Waals surface area contributed by atoms with Gasteiger partial charge >= 0.3 is 0 Å². The maximum atomic E-state index is 11.9. The van der Waals surface area contributed by atoms with Crippen LogP contribution in [-0.2, 0) is 10.5 Å². The predicted molar refractivity (Wildman–Crippen MR) is 117 cm³/mol. The summed E-state index contributed by atoms with van der Waals surface area (Å²) < 4.78 is 2.67. The van der Waals surface area contributed by atoms with Crippen LogP contribution in [0, 0.1) is 0 Å². The predicted octanol–water partition coefficient (Wildman–Crippen LogP) is 4.84. The molecule has 0 bridgehead atoms. The van der Waals surface area contributed by atoms with E-state index in [4.69, 9.17) is 0 Å². The summed E-state index contributed by atoms with van der Waals surface area (Å²) in [6.45, 7) is 0. The van der Waals surface area contributed by atoms with Gasteiger partial charge in [0.05, 0.1) is 12.0 Å². The van der Waals surface area contributed by atoms with E-state index >= 15 is 0 Å². The lowest BCUT2D eigenvalue weighted by Crippen LogP contribution is -2.19. The van der Waals surface area contributed by atoms with E-state index in [0.717, 1.165) is 24.5 Å². The number of amides is 1. The van der Waals surface area contributed by atoms with Gasteiger partial charge in [0, 0.05) is 10.2 Å². The Labute approximate surface area is 178 Å². The van der Waals surface area contributed by atoms with E-state index in [-0.39, 0.29) is 11.7 Å². The molecule has 0 aliphatic heterocycles. The Kier molecular flexibility index (Phi) is 7.88. The minimum absolute atomic E-state index is 0.179. The molecule has 0 aliphatic rings. The van der Waals surface area contributed by atoms with E-state index in [1.807, 2.05) is 42.5 Å². The molecule has 0 fully saturated rings. The molecule has 0 saturated heterocycles. The van der Waals surface area contributed by atoms with Crippen LogP contribution >= 0.6 is 50.8 Å². The lowest BCUT2D eigenvalue weighted by Gasteiger charge is -1.98. The molecule has 9 heteroatoms. The zero-order chi connectivity index (χ0) is 18.9. The number of rotatable bonds is 8. The van der Waals surface area contributed by atoms with Gasteiger partial charge in [0.2, 0.25) is 0 Å². The fraction of sp³-hybridized carbons (Fsp3) is 0.111. The van der Waals surface area contributed by atoms with E-state index in [1.54, 1.807) is 18.0 Å². The third-order valence-corrected chi connectivity index (χ3v) is 6.98. The van der Waals surface area contributed by atoms with Gasteiger partial charge in [-0.2, -0.15) is 5.10 Å². The first-order chi connectivity index (χ1) is 13.2. The monoisotopic (exact) mass is 478 g/mol. The van der Waals surface area contributed by atoms with Gasteiger partial charge in [0.25, 0.3) is 5.91 Å². The number of hydrogen-bond donors (Lipinski definition) is 1. The normalized spacial score (nSPS) is 11.0. The Morgan fingerprint density at radius 1 is 1.07 bits per heavy atom. The molecule has 2 aromatic carbocycles. The van der Waals surface area contributed by atoms with Gasteiger partial charge < -0.3 is 0 Å². The van der Waals surface area contributed by atoms with Gasteiger partial charge in [0.15, 0.2) is 8.68 Å². The van der Waals surface area contributed by atoms with Crippen molar-refractivity contribution in [3.05, 3.63) is 70.2 Å².